The number of aliphatic imine (C=N–C) groups is 1. The van der Waals surface area contributed by atoms with Crippen LogP contribution in [0.15, 0.2) is 71.4 Å². The number of aliphatic hydroxyl groups is 1. The maximum atomic E-state index is 9.79. The van der Waals surface area contributed by atoms with Gasteiger partial charge in [0.05, 0.1) is 23.5 Å². The summed E-state index contributed by atoms with van der Waals surface area (Å²) in [6, 6.07) is 15.6. The van der Waals surface area contributed by atoms with Crippen LogP contribution in [0.4, 0.5) is 11.5 Å². The number of hydrogen-bond acceptors (Lipinski definition) is 7. The predicted molar refractivity (Wildman–Crippen MR) is 145 cm³/mol. The van der Waals surface area contributed by atoms with Crippen LogP contribution in [0.5, 0.6) is 11.5 Å². The standard InChI is InChI=1S/C26H23ClN6O2S/c1-26(34)14-23(32-26)28-8-10-33-9-6-20-24(33)25(30-15-29-20)31-17-3-5-21(19(27)12-17)35-18-4-2-16-7-11-36-22(16)13-18/h2-7,9,11-13,15,34H,8,10,14H2,1H3,(H,28,32)(H,29,30,31). The first-order valence-corrected chi connectivity index (χ1v) is 12.7. The van der Waals surface area contributed by atoms with Crippen LogP contribution in [0.25, 0.3) is 21.1 Å². The van der Waals surface area contributed by atoms with E-state index >= 15 is 0 Å². The number of fused-ring (bicyclic) bond motifs is 2. The second-order valence-electron chi connectivity index (χ2n) is 8.86. The first kappa shape index (κ1) is 22.8. The van der Waals surface area contributed by atoms with Crippen molar-refractivity contribution in [3.05, 3.63) is 71.5 Å². The Morgan fingerprint density at radius 3 is 2.94 bits per heavy atom. The van der Waals surface area contributed by atoms with Gasteiger partial charge in [-0.25, -0.2) is 9.97 Å². The van der Waals surface area contributed by atoms with Crippen molar-refractivity contribution in [3.63, 3.8) is 0 Å². The van der Waals surface area contributed by atoms with E-state index in [-0.39, 0.29) is 0 Å². The first-order valence-electron chi connectivity index (χ1n) is 11.5. The molecule has 0 spiro atoms. The van der Waals surface area contributed by atoms with Crippen molar-refractivity contribution < 1.29 is 9.84 Å². The van der Waals surface area contributed by atoms with Crippen molar-refractivity contribution in [2.24, 2.45) is 4.99 Å². The smallest absolute Gasteiger partial charge is 0.158 e. The van der Waals surface area contributed by atoms with Crippen LogP contribution in [0.3, 0.4) is 0 Å². The maximum absolute atomic E-state index is 9.79. The Labute approximate surface area is 216 Å². The topological polar surface area (TPSA) is 96.6 Å². The third kappa shape index (κ3) is 4.60. The lowest BCUT2D eigenvalue weighted by Crippen LogP contribution is -2.59. The fourth-order valence-electron chi connectivity index (χ4n) is 4.24. The van der Waals surface area contributed by atoms with Crippen molar-refractivity contribution in [1.82, 2.24) is 19.9 Å². The number of halogens is 1. The lowest BCUT2D eigenvalue weighted by molar-refractivity contribution is 0.0222. The molecule has 3 N–H and O–H groups in total. The van der Waals surface area contributed by atoms with E-state index in [1.165, 1.54) is 16.4 Å². The number of thiophene rings is 1. The fraction of sp³-hybridized carbons (Fsp3) is 0.192. The molecule has 1 aliphatic heterocycles. The van der Waals surface area contributed by atoms with Crippen LogP contribution in [0.2, 0.25) is 5.02 Å². The zero-order valence-corrected chi connectivity index (χ0v) is 21.0. The molecular weight excluding hydrogens is 496 g/mol. The first-order chi connectivity index (χ1) is 17.4. The minimum Gasteiger partial charge on any atom is -0.456 e. The summed E-state index contributed by atoms with van der Waals surface area (Å²) in [4.78, 5) is 13.4. The number of aromatic nitrogens is 3. The highest BCUT2D eigenvalue weighted by Crippen LogP contribution is 2.35. The van der Waals surface area contributed by atoms with Crippen molar-refractivity contribution in [1.29, 1.82) is 0 Å². The Bertz CT molecular complexity index is 1600. The van der Waals surface area contributed by atoms with Crippen LogP contribution in [-0.4, -0.2) is 37.7 Å². The fourth-order valence-corrected chi connectivity index (χ4v) is 5.28. The molecule has 1 atom stereocenters. The van der Waals surface area contributed by atoms with Crippen molar-refractivity contribution in [2.45, 2.75) is 25.6 Å². The van der Waals surface area contributed by atoms with E-state index in [0.717, 1.165) is 28.3 Å². The average Bonchev–Trinajstić information content (AvgIpc) is 3.47. The van der Waals surface area contributed by atoms with Gasteiger partial charge in [0, 0.05) is 23.1 Å². The lowest BCUT2D eigenvalue weighted by Gasteiger charge is -2.36. The Kier molecular flexibility index (Phi) is 5.75. The summed E-state index contributed by atoms with van der Waals surface area (Å²) >= 11 is 8.25. The molecule has 1 aliphatic rings. The molecule has 0 amide bonds. The number of nitrogens with zero attached hydrogens (tertiary/aromatic N) is 4. The van der Waals surface area contributed by atoms with Crippen LogP contribution in [-0.2, 0) is 6.54 Å². The summed E-state index contributed by atoms with van der Waals surface area (Å²) in [5, 5.41) is 19.9. The third-order valence-corrected chi connectivity index (χ3v) is 7.14. The van der Waals surface area contributed by atoms with E-state index in [9.17, 15) is 5.11 Å². The van der Waals surface area contributed by atoms with E-state index < -0.39 is 5.72 Å². The molecular formula is C26H23ClN6O2S. The van der Waals surface area contributed by atoms with Crippen molar-refractivity contribution in [3.8, 4) is 11.5 Å². The van der Waals surface area contributed by atoms with E-state index in [0.29, 0.717) is 36.1 Å². The number of ether oxygens (including phenoxy) is 1. The predicted octanol–water partition coefficient (Wildman–Crippen LogP) is 5.94. The number of rotatable bonds is 7. The number of amidine groups is 1. The second-order valence-corrected chi connectivity index (χ2v) is 10.2. The van der Waals surface area contributed by atoms with Gasteiger partial charge >= 0.3 is 0 Å². The molecule has 0 radical (unpaired) electrons. The van der Waals surface area contributed by atoms with Crippen molar-refractivity contribution >= 4 is 61.4 Å². The largest absolute Gasteiger partial charge is 0.456 e. The number of nitrogens with one attached hydrogen (secondary N) is 2. The summed E-state index contributed by atoms with van der Waals surface area (Å²) in [6.07, 6.45) is 4.05. The molecule has 8 nitrogen and oxygen atoms in total. The molecule has 0 bridgehead atoms. The highest BCUT2D eigenvalue weighted by Gasteiger charge is 2.33. The van der Waals surface area contributed by atoms with Crippen LogP contribution >= 0.6 is 22.9 Å². The SMILES string of the molecule is CC1(O)CC(=NCCn2ccc3ncnc(Nc4ccc(Oc5ccc6ccsc6c5)c(Cl)c4)c32)N1. The van der Waals surface area contributed by atoms with Crippen LogP contribution < -0.4 is 15.4 Å². The summed E-state index contributed by atoms with van der Waals surface area (Å²) in [6.45, 7) is 2.96. The molecule has 36 heavy (non-hydrogen) atoms. The summed E-state index contributed by atoms with van der Waals surface area (Å²) in [7, 11) is 0. The van der Waals surface area contributed by atoms with Gasteiger partial charge in [-0.2, -0.15) is 0 Å². The van der Waals surface area contributed by atoms with E-state index in [4.69, 9.17) is 16.3 Å². The number of hydrogen-bond donors (Lipinski definition) is 3. The van der Waals surface area contributed by atoms with Crippen LogP contribution in [0, 0.1) is 0 Å². The molecule has 2 aromatic carbocycles. The zero-order chi connectivity index (χ0) is 24.7. The molecule has 1 unspecified atom stereocenters. The monoisotopic (exact) mass is 518 g/mol. The van der Waals surface area contributed by atoms with E-state index in [1.54, 1.807) is 18.3 Å². The summed E-state index contributed by atoms with van der Waals surface area (Å²) in [5.74, 6) is 2.82. The normalized spacial score (nSPS) is 18.4. The lowest BCUT2D eigenvalue weighted by atomic mass is 10.0. The maximum Gasteiger partial charge on any atom is 0.158 e. The van der Waals surface area contributed by atoms with Gasteiger partial charge in [0.1, 0.15) is 34.9 Å². The minimum atomic E-state index is -0.844. The Morgan fingerprint density at radius 2 is 2.11 bits per heavy atom. The number of benzene rings is 2. The number of anilines is 2. The summed E-state index contributed by atoms with van der Waals surface area (Å²) < 4.78 is 9.28. The van der Waals surface area contributed by atoms with Gasteiger partial charge in [-0.05, 0) is 66.2 Å². The Hall–Kier alpha value is -3.66. The quantitative estimate of drug-likeness (QED) is 0.247. The minimum absolute atomic E-state index is 0.492. The molecule has 0 aliphatic carbocycles. The molecule has 5 aromatic rings. The molecule has 10 heteroatoms. The molecule has 4 heterocycles. The van der Waals surface area contributed by atoms with Gasteiger partial charge in [0.25, 0.3) is 0 Å². The Morgan fingerprint density at radius 1 is 1.22 bits per heavy atom. The third-order valence-electron chi connectivity index (χ3n) is 5.97. The van der Waals surface area contributed by atoms with Gasteiger partial charge in [-0.1, -0.05) is 11.6 Å². The van der Waals surface area contributed by atoms with E-state index in [2.05, 4.69) is 41.6 Å². The molecule has 6 rings (SSSR count). The molecule has 182 valence electrons. The second kappa shape index (κ2) is 9.09. The van der Waals surface area contributed by atoms with Crippen molar-refractivity contribution in [2.75, 3.05) is 11.9 Å². The van der Waals surface area contributed by atoms with Crippen LogP contribution in [0.1, 0.15) is 13.3 Å². The molecule has 3 aromatic heterocycles. The van der Waals surface area contributed by atoms with Gasteiger partial charge in [-0.15, -0.1) is 11.3 Å². The van der Waals surface area contributed by atoms with E-state index in [1.807, 2.05) is 48.7 Å². The molecule has 1 fully saturated rings. The van der Waals surface area contributed by atoms with Gasteiger partial charge in [-0.3, -0.25) is 4.99 Å². The average molecular weight is 519 g/mol. The zero-order valence-electron chi connectivity index (χ0n) is 19.4. The molecule has 1 saturated heterocycles. The Balaban J connectivity index is 1.19. The van der Waals surface area contributed by atoms with Gasteiger partial charge in [0.15, 0.2) is 5.82 Å². The highest BCUT2D eigenvalue weighted by molar-refractivity contribution is 7.17. The highest BCUT2D eigenvalue weighted by atomic mass is 35.5. The van der Waals surface area contributed by atoms with Gasteiger partial charge in [0.2, 0.25) is 0 Å². The molecule has 0 saturated carbocycles. The summed E-state index contributed by atoms with van der Waals surface area (Å²) in [5.41, 5.74) is 1.66. The van der Waals surface area contributed by atoms with Gasteiger partial charge < -0.3 is 25.0 Å².